The van der Waals surface area contributed by atoms with Crippen LogP contribution in [0, 0.1) is 0 Å². The van der Waals surface area contributed by atoms with E-state index in [2.05, 4.69) is 5.32 Å². The molecule has 0 aliphatic rings. The first kappa shape index (κ1) is 16.8. The van der Waals surface area contributed by atoms with Gasteiger partial charge in [0.25, 0.3) is 5.91 Å². The molecule has 2 rings (SSSR count). The number of benzene rings is 2. The van der Waals surface area contributed by atoms with Gasteiger partial charge in [0.05, 0.1) is 22.3 Å². The van der Waals surface area contributed by atoms with Crippen LogP contribution in [0.15, 0.2) is 48.5 Å². The maximum atomic E-state index is 11.9. The Balaban J connectivity index is 1.86. The molecule has 0 radical (unpaired) electrons. The van der Waals surface area contributed by atoms with Crippen molar-refractivity contribution in [2.75, 3.05) is 12.3 Å². The predicted molar refractivity (Wildman–Crippen MR) is 89.1 cm³/mol. The molecule has 5 nitrogen and oxygen atoms in total. The summed E-state index contributed by atoms with van der Waals surface area (Å²) < 4.78 is 4.97. The fourth-order valence-corrected chi connectivity index (χ4v) is 2.11. The number of nitrogen functional groups attached to an aromatic ring is 1. The molecule has 1 atom stereocenters. The standard InChI is InChI=1S/C17H17ClN2O3/c1-11(12-5-3-2-4-6-12)20-16(21)10-23-17(22)13-7-8-14(18)15(19)9-13/h2-9,11H,10,19H2,1H3,(H,20,21)/t11-/m0/s1. The van der Waals surface area contributed by atoms with E-state index in [0.29, 0.717) is 5.02 Å². The van der Waals surface area contributed by atoms with Crippen molar-refractivity contribution in [1.29, 1.82) is 0 Å². The minimum atomic E-state index is -0.629. The number of ether oxygens (including phenoxy) is 1. The molecule has 0 bridgehead atoms. The first-order valence-electron chi connectivity index (χ1n) is 7.04. The zero-order chi connectivity index (χ0) is 16.8. The average molecular weight is 333 g/mol. The van der Waals surface area contributed by atoms with Crippen LogP contribution >= 0.6 is 11.6 Å². The van der Waals surface area contributed by atoms with Gasteiger partial charge in [0.15, 0.2) is 6.61 Å². The molecule has 23 heavy (non-hydrogen) atoms. The van der Waals surface area contributed by atoms with E-state index in [4.69, 9.17) is 22.1 Å². The van der Waals surface area contributed by atoms with Gasteiger partial charge in [-0.05, 0) is 30.7 Å². The number of rotatable bonds is 5. The van der Waals surface area contributed by atoms with Gasteiger partial charge >= 0.3 is 5.97 Å². The highest BCUT2D eigenvalue weighted by molar-refractivity contribution is 6.33. The Kier molecular flexibility index (Phi) is 5.60. The molecular formula is C17H17ClN2O3. The van der Waals surface area contributed by atoms with Crippen LogP contribution in [0.5, 0.6) is 0 Å². The highest BCUT2D eigenvalue weighted by Crippen LogP contribution is 2.19. The van der Waals surface area contributed by atoms with Crippen molar-refractivity contribution in [2.24, 2.45) is 0 Å². The summed E-state index contributed by atoms with van der Waals surface area (Å²) in [5.41, 5.74) is 7.12. The molecule has 2 aromatic carbocycles. The van der Waals surface area contributed by atoms with Crippen LogP contribution in [-0.2, 0) is 9.53 Å². The SMILES string of the molecule is C[C@H](NC(=O)COC(=O)c1ccc(Cl)c(N)c1)c1ccccc1. The van der Waals surface area contributed by atoms with E-state index in [-0.39, 0.29) is 29.8 Å². The second kappa shape index (κ2) is 7.65. The van der Waals surface area contributed by atoms with E-state index in [1.54, 1.807) is 0 Å². The van der Waals surface area contributed by atoms with Crippen LogP contribution in [-0.4, -0.2) is 18.5 Å². The molecule has 0 unspecified atom stereocenters. The maximum Gasteiger partial charge on any atom is 0.338 e. The summed E-state index contributed by atoms with van der Waals surface area (Å²) in [6.45, 7) is 1.49. The Labute approximate surface area is 139 Å². The van der Waals surface area contributed by atoms with Crippen molar-refractivity contribution in [3.8, 4) is 0 Å². The van der Waals surface area contributed by atoms with Gasteiger partial charge in [-0.2, -0.15) is 0 Å². The summed E-state index contributed by atoms with van der Waals surface area (Å²) in [5.74, 6) is -1.01. The third-order valence-electron chi connectivity index (χ3n) is 3.24. The van der Waals surface area contributed by atoms with Crippen LogP contribution in [0.25, 0.3) is 0 Å². The van der Waals surface area contributed by atoms with E-state index < -0.39 is 5.97 Å². The molecule has 0 heterocycles. The number of carbonyl (C=O) groups is 2. The van der Waals surface area contributed by atoms with Gasteiger partial charge in [0, 0.05) is 0 Å². The predicted octanol–water partition coefficient (Wildman–Crippen LogP) is 2.96. The number of anilines is 1. The normalized spacial score (nSPS) is 11.6. The van der Waals surface area contributed by atoms with Gasteiger partial charge < -0.3 is 15.8 Å². The fraction of sp³-hybridized carbons (Fsp3) is 0.176. The Hall–Kier alpha value is -2.53. The molecule has 6 heteroatoms. The van der Waals surface area contributed by atoms with Crippen molar-refractivity contribution in [1.82, 2.24) is 5.32 Å². The molecule has 0 fully saturated rings. The summed E-state index contributed by atoms with van der Waals surface area (Å²) in [6, 6.07) is 13.7. The van der Waals surface area contributed by atoms with Crippen molar-refractivity contribution in [3.63, 3.8) is 0 Å². The number of nitrogens with two attached hydrogens (primary N) is 1. The van der Waals surface area contributed by atoms with Crippen molar-refractivity contribution in [2.45, 2.75) is 13.0 Å². The highest BCUT2D eigenvalue weighted by atomic mass is 35.5. The lowest BCUT2D eigenvalue weighted by Crippen LogP contribution is -2.31. The Morgan fingerprint density at radius 1 is 1.22 bits per heavy atom. The van der Waals surface area contributed by atoms with Gasteiger partial charge in [0.1, 0.15) is 0 Å². The number of nitrogens with one attached hydrogen (secondary N) is 1. The monoisotopic (exact) mass is 332 g/mol. The lowest BCUT2D eigenvalue weighted by molar-refractivity contribution is -0.124. The van der Waals surface area contributed by atoms with E-state index in [9.17, 15) is 9.59 Å². The zero-order valence-corrected chi connectivity index (χ0v) is 13.3. The maximum absolute atomic E-state index is 11.9. The summed E-state index contributed by atoms with van der Waals surface area (Å²) in [4.78, 5) is 23.7. The minimum Gasteiger partial charge on any atom is -0.452 e. The molecular weight excluding hydrogens is 316 g/mol. The third kappa shape index (κ3) is 4.72. The summed E-state index contributed by atoms with van der Waals surface area (Å²) in [5, 5.41) is 3.12. The topological polar surface area (TPSA) is 81.4 Å². The number of hydrogen-bond donors (Lipinski definition) is 2. The van der Waals surface area contributed by atoms with Crippen molar-refractivity contribution >= 4 is 29.2 Å². The van der Waals surface area contributed by atoms with E-state index in [1.807, 2.05) is 37.3 Å². The average Bonchev–Trinajstić information content (AvgIpc) is 2.56. The summed E-state index contributed by atoms with van der Waals surface area (Å²) in [6.07, 6.45) is 0. The Morgan fingerprint density at radius 3 is 2.57 bits per heavy atom. The zero-order valence-electron chi connectivity index (χ0n) is 12.6. The summed E-state index contributed by atoms with van der Waals surface area (Å²) in [7, 11) is 0. The van der Waals surface area contributed by atoms with Crippen LogP contribution in [0.2, 0.25) is 5.02 Å². The lowest BCUT2D eigenvalue weighted by Gasteiger charge is -2.14. The Bertz CT molecular complexity index is 704. The third-order valence-corrected chi connectivity index (χ3v) is 3.59. The number of carbonyl (C=O) groups excluding carboxylic acids is 2. The second-order valence-electron chi connectivity index (χ2n) is 5.01. The van der Waals surface area contributed by atoms with Gasteiger partial charge in [-0.1, -0.05) is 41.9 Å². The van der Waals surface area contributed by atoms with Crippen LogP contribution in [0.3, 0.4) is 0 Å². The van der Waals surface area contributed by atoms with Crippen molar-refractivity contribution in [3.05, 3.63) is 64.7 Å². The fourth-order valence-electron chi connectivity index (χ4n) is 1.99. The lowest BCUT2D eigenvalue weighted by atomic mass is 10.1. The van der Waals surface area contributed by atoms with Gasteiger partial charge in [-0.3, -0.25) is 4.79 Å². The smallest absolute Gasteiger partial charge is 0.338 e. The van der Waals surface area contributed by atoms with Crippen LogP contribution in [0.1, 0.15) is 28.9 Å². The van der Waals surface area contributed by atoms with E-state index >= 15 is 0 Å². The molecule has 2 aromatic rings. The van der Waals surface area contributed by atoms with Gasteiger partial charge in [-0.15, -0.1) is 0 Å². The minimum absolute atomic E-state index is 0.173. The highest BCUT2D eigenvalue weighted by Gasteiger charge is 2.13. The van der Waals surface area contributed by atoms with E-state index in [0.717, 1.165) is 5.56 Å². The largest absolute Gasteiger partial charge is 0.452 e. The first-order valence-corrected chi connectivity index (χ1v) is 7.41. The molecule has 0 saturated heterocycles. The molecule has 0 spiro atoms. The quantitative estimate of drug-likeness (QED) is 0.651. The number of amides is 1. The van der Waals surface area contributed by atoms with E-state index in [1.165, 1.54) is 18.2 Å². The molecule has 3 N–H and O–H groups in total. The summed E-state index contributed by atoms with van der Waals surface area (Å²) >= 11 is 5.79. The molecule has 1 amide bonds. The van der Waals surface area contributed by atoms with Gasteiger partial charge in [-0.25, -0.2) is 4.79 Å². The molecule has 120 valence electrons. The number of halogens is 1. The molecule has 0 aromatic heterocycles. The second-order valence-corrected chi connectivity index (χ2v) is 5.42. The van der Waals surface area contributed by atoms with Crippen molar-refractivity contribution < 1.29 is 14.3 Å². The molecule has 0 saturated carbocycles. The first-order chi connectivity index (χ1) is 11.0. The molecule has 0 aliphatic heterocycles. The number of esters is 1. The number of hydrogen-bond acceptors (Lipinski definition) is 4. The van der Waals surface area contributed by atoms with Gasteiger partial charge in [0.2, 0.25) is 0 Å². The molecule has 0 aliphatic carbocycles. The van der Waals surface area contributed by atoms with Crippen LogP contribution < -0.4 is 11.1 Å². The van der Waals surface area contributed by atoms with Crippen LogP contribution in [0.4, 0.5) is 5.69 Å². The Morgan fingerprint density at radius 2 is 1.91 bits per heavy atom.